The Morgan fingerprint density at radius 3 is 1.86 bits per heavy atom. The summed E-state index contributed by atoms with van der Waals surface area (Å²) in [5.74, 6) is -2.21. The monoisotopic (exact) mass is 924 g/mol. The Morgan fingerprint density at radius 1 is 0.625 bits per heavy atom. The van der Waals surface area contributed by atoms with E-state index in [1.165, 1.54) is 13.8 Å². The average molecular weight is 925 g/mol. The van der Waals surface area contributed by atoms with Crippen molar-refractivity contribution in [3.63, 3.8) is 0 Å². The summed E-state index contributed by atoms with van der Waals surface area (Å²) < 4.78 is 61.8. The summed E-state index contributed by atoms with van der Waals surface area (Å²) in [5.41, 5.74) is 0. The molecule has 20 heteroatoms. The zero-order valence-electron chi connectivity index (χ0n) is 38.1. The minimum absolute atomic E-state index is 0.0205. The van der Waals surface area contributed by atoms with Gasteiger partial charge in [0.05, 0.1) is 36.9 Å². The second-order valence-electron chi connectivity index (χ2n) is 18.4. The Balaban J connectivity index is 1.55. The molecule has 64 heavy (non-hydrogen) atoms. The Hall–Kier alpha value is -1.70. The number of carbonyl (C=O) groups excluding carboxylic acids is 2. The molecule has 5 aliphatic rings. The van der Waals surface area contributed by atoms with E-state index in [9.17, 15) is 50.4 Å². The number of esters is 2. The lowest BCUT2D eigenvalue weighted by Gasteiger charge is -2.50. The third-order valence-corrected chi connectivity index (χ3v) is 12.9. The van der Waals surface area contributed by atoms with E-state index < -0.39 is 147 Å². The Bertz CT molecular complexity index is 1410. The van der Waals surface area contributed by atoms with Crippen LogP contribution in [0.25, 0.3) is 0 Å². The lowest BCUT2D eigenvalue weighted by molar-refractivity contribution is -0.399. The van der Waals surface area contributed by atoms with Gasteiger partial charge in [0, 0.05) is 6.42 Å². The molecule has 5 rings (SSSR count). The van der Waals surface area contributed by atoms with Crippen LogP contribution in [0.3, 0.4) is 0 Å². The molecule has 5 heterocycles. The smallest absolute Gasteiger partial charge is 0.308 e. The van der Waals surface area contributed by atoms with Crippen molar-refractivity contribution in [3.05, 3.63) is 0 Å². The number of aliphatic hydroxyl groups excluding tert-OH is 8. The number of ether oxygens (including phenoxy) is 10. The zero-order valence-corrected chi connectivity index (χ0v) is 38.1. The highest BCUT2D eigenvalue weighted by molar-refractivity contribution is 5.72. The van der Waals surface area contributed by atoms with Crippen LogP contribution in [-0.2, 0) is 57.0 Å². The molecule has 2 bridgehead atoms. The van der Waals surface area contributed by atoms with E-state index in [0.29, 0.717) is 19.3 Å². The van der Waals surface area contributed by atoms with Crippen molar-refractivity contribution in [2.24, 2.45) is 5.92 Å². The predicted molar refractivity (Wildman–Crippen MR) is 221 cm³/mol. The predicted octanol–water partition coefficient (Wildman–Crippen LogP) is 0.590. The normalized spacial score (nSPS) is 44.9. The van der Waals surface area contributed by atoms with Gasteiger partial charge in [-0.3, -0.25) is 9.59 Å². The number of unbranched alkanes of at least 4 members (excludes halogenated alkanes) is 2. The molecule has 5 saturated heterocycles. The SMILES string of the molecule is CCCCC[C@H]1CCCCCCCCCC(=O)O[C@H]2[C@@H](O[C@@H]3O[C@@H](C)[C@@H](O)[C@@H](O)[C@H]3O)[C@@H](C)O[C@@H](O[C@@H]3[C@H](O[C@H]4[C@H](O1)O[C@@H](C)[C@H](O)[C@H]4O)O[C@@H](CO)[C@@H](O)[C@H]3O)[C@@H]2OC(=O)C(C)C. The van der Waals surface area contributed by atoms with Crippen molar-refractivity contribution in [1.82, 2.24) is 0 Å². The molecule has 21 atom stereocenters. The van der Waals surface area contributed by atoms with Crippen LogP contribution in [0.2, 0.25) is 0 Å². The van der Waals surface area contributed by atoms with Gasteiger partial charge in [-0.25, -0.2) is 0 Å². The van der Waals surface area contributed by atoms with Gasteiger partial charge in [-0.1, -0.05) is 78.6 Å². The van der Waals surface area contributed by atoms with Crippen molar-refractivity contribution in [2.75, 3.05) is 6.61 Å². The molecular weight excluding hydrogens is 848 g/mol. The van der Waals surface area contributed by atoms with E-state index in [0.717, 1.165) is 57.8 Å². The van der Waals surface area contributed by atoms with Gasteiger partial charge in [0.1, 0.15) is 67.1 Å². The maximum absolute atomic E-state index is 13.7. The highest BCUT2D eigenvalue weighted by atomic mass is 16.8. The van der Waals surface area contributed by atoms with Crippen molar-refractivity contribution < 1.29 is 97.8 Å². The summed E-state index contributed by atoms with van der Waals surface area (Å²) in [6.07, 6.45) is -20.7. The van der Waals surface area contributed by atoms with Crippen LogP contribution in [-0.4, -0.2) is 188 Å². The molecule has 0 spiro atoms. The summed E-state index contributed by atoms with van der Waals surface area (Å²) in [7, 11) is 0. The van der Waals surface area contributed by atoms with Crippen LogP contribution < -0.4 is 0 Å². The van der Waals surface area contributed by atoms with Crippen LogP contribution in [0.15, 0.2) is 0 Å². The fraction of sp³-hybridized carbons (Fsp3) is 0.955. The Kier molecular flexibility index (Phi) is 20.9. The molecule has 0 aromatic rings. The summed E-state index contributed by atoms with van der Waals surface area (Å²) in [6, 6.07) is 0. The van der Waals surface area contributed by atoms with Crippen molar-refractivity contribution in [1.29, 1.82) is 0 Å². The average Bonchev–Trinajstić information content (AvgIpc) is 3.25. The number of hydrogen-bond acceptors (Lipinski definition) is 20. The molecule has 0 radical (unpaired) electrons. The van der Waals surface area contributed by atoms with Gasteiger partial charge < -0.3 is 88.2 Å². The minimum Gasteiger partial charge on any atom is -0.455 e. The third kappa shape index (κ3) is 13.5. The Morgan fingerprint density at radius 2 is 1.20 bits per heavy atom. The standard InChI is InChI=1S/C44H76O20/c1-7-8-14-17-25-18-15-12-10-9-11-13-16-19-27(46)60-38-35(62-41-34(53)31(50)28(47)22(4)55-41)24(6)57-44(39(38)61-40(54)21(2)3)64-37-33(52)30(49)26(20-45)59-43(37)63-36-32(51)29(48)23(5)56-42(36)58-25/h21-26,28-39,41-45,47-53H,7-20H2,1-6H3/t22-,23-,24+,25-,26-,28+,29-,30+,31+,32+,33+,34+,35-,36+,37-,38-,39+,41-,42-,43-,44-/m0/s1. The topological polar surface area (TPSA) is 288 Å². The second-order valence-corrected chi connectivity index (χ2v) is 18.4. The number of fused-ring (bicyclic) bond motifs is 4. The molecule has 8 N–H and O–H groups in total. The van der Waals surface area contributed by atoms with Crippen LogP contribution in [0.5, 0.6) is 0 Å². The summed E-state index contributed by atoms with van der Waals surface area (Å²) in [5, 5.41) is 87.6. The van der Waals surface area contributed by atoms with E-state index in [1.54, 1.807) is 20.8 Å². The molecule has 5 fully saturated rings. The summed E-state index contributed by atoms with van der Waals surface area (Å²) in [6.45, 7) is 8.99. The molecule has 0 unspecified atom stereocenters. The van der Waals surface area contributed by atoms with E-state index in [1.807, 2.05) is 0 Å². The fourth-order valence-electron chi connectivity index (χ4n) is 8.79. The zero-order chi connectivity index (χ0) is 46.8. The quantitative estimate of drug-likeness (QED) is 0.116. The first-order chi connectivity index (χ1) is 30.5. The van der Waals surface area contributed by atoms with Gasteiger partial charge in [-0.15, -0.1) is 0 Å². The first kappa shape index (κ1) is 53.3. The van der Waals surface area contributed by atoms with Gasteiger partial charge in [0.2, 0.25) is 0 Å². The lowest BCUT2D eigenvalue weighted by atomic mass is 9.95. The molecule has 0 aromatic carbocycles. The van der Waals surface area contributed by atoms with E-state index in [2.05, 4.69) is 6.92 Å². The maximum Gasteiger partial charge on any atom is 0.308 e. The van der Waals surface area contributed by atoms with Crippen LogP contribution >= 0.6 is 0 Å². The van der Waals surface area contributed by atoms with Crippen LogP contribution in [0.4, 0.5) is 0 Å². The number of carbonyl (C=O) groups is 2. The number of hydrogen-bond donors (Lipinski definition) is 8. The van der Waals surface area contributed by atoms with E-state index in [4.69, 9.17) is 47.4 Å². The van der Waals surface area contributed by atoms with Crippen molar-refractivity contribution in [3.8, 4) is 0 Å². The first-order valence-corrected chi connectivity index (χ1v) is 23.5. The molecular formula is C44H76O20. The van der Waals surface area contributed by atoms with Crippen molar-refractivity contribution in [2.45, 2.75) is 254 Å². The third-order valence-electron chi connectivity index (χ3n) is 12.9. The maximum atomic E-state index is 13.7. The lowest BCUT2D eigenvalue weighted by Crippen LogP contribution is -2.68. The van der Waals surface area contributed by atoms with Gasteiger partial charge in [-0.2, -0.15) is 0 Å². The second kappa shape index (κ2) is 25.1. The number of rotatable bonds is 9. The van der Waals surface area contributed by atoms with Crippen molar-refractivity contribution >= 4 is 11.9 Å². The van der Waals surface area contributed by atoms with Crippen LogP contribution in [0.1, 0.15) is 125 Å². The van der Waals surface area contributed by atoms with Gasteiger partial charge in [-0.05, 0) is 40.0 Å². The minimum atomic E-state index is -1.90. The first-order valence-electron chi connectivity index (χ1n) is 23.5. The molecule has 20 nitrogen and oxygen atoms in total. The molecule has 5 aliphatic heterocycles. The molecule has 0 saturated carbocycles. The largest absolute Gasteiger partial charge is 0.455 e. The van der Waals surface area contributed by atoms with E-state index >= 15 is 0 Å². The fourth-order valence-corrected chi connectivity index (χ4v) is 8.79. The summed E-state index contributed by atoms with van der Waals surface area (Å²) >= 11 is 0. The van der Waals surface area contributed by atoms with Gasteiger partial charge in [0.15, 0.2) is 37.4 Å². The highest BCUT2D eigenvalue weighted by Crippen LogP contribution is 2.37. The van der Waals surface area contributed by atoms with Gasteiger partial charge >= 0.3 is 11.9 Å². The molecule has 0 aliphatic carbocycles. The molecule has 372 valence electrons. The number of aliphatic hydroxyl groups is 8. The van der Waals surface area contributed by atoms with Gasteiger partial charge in [0.25, 0.3) is 0 Å². The molecule has 0 amide bonds. The van der Waals surface area contributed by atoms with Crippen LogP contribution in [0, 0.1) is 5.92 Å². The van der Waals surface area contributed by atoms with E-state index in [-0.39, 0.29) is 12.5 Å². The Labute approximate surface area is 375 Å². The molecule has 0 aromatic heterocycles. The summed E-state index contributed by atoms with van der Waals surface area (Å²) in [4.78, 5) is 27.2. The highest BCUT2D eigenvalue weighted by Gasteiger charge is 2.57.